The lowest BCUT2D eigenvalue weighted by Gasteiger charge is -2.41. The van der Waals surface area contributed by atoms with Gasteiger partial charge in [0, 0.05) is 11.2 Å². The summed E-state index contributed by atoms with van der Waals surface area (Å²) in [7, 11) is -4.23. The van der Waals surface area contributed by atoms with Gasteiger partial charge >= 0.3 is 0 Å². The van der Waals surface area contributed by atoms with E-state index in [-0.39, 0.29) is 10.5 Å². The molecule has 0 bridgehead atoms. The number of rotatable bonds is 6. The zero-order valence-electron chi connectivity index (χ0n) is 15.5. The fraction of sp³-hybridized carbons (Fsp3) is 0.238. The molecule has 3 unspecified atom stereocenters. The molecule has 0 amide bonds. The number of hydrogen-bond acceptors (Lipinski definition) is 6. The monoisotopic (exact) mass is 430 g/mol. The molecule has 2 N–H and O–H groups in total. The lowest BCUT2D eigenvalue weighted by atomic mass is 9.81. The van der Waals surface area contributed by atoms with Gasteiger partial charge in [-0.3, -0.25) is 4.99 Å². The van der Waals surface area contributed by atoms with Gasteiger partial charge in [0.1, 0.15) is 10.9 Å². The van der Waals surface area contributed by atoms with Gasteiger partial charge in [0.2, 0.25) is 0 Å². The van der Waals surface area contributed by atoms with Crippen LogP contribution in [0.3, 0.4) is 0 Å². The highest BCUT2D eigenvalue weighted by atomic mass is 35.5. The Hall–Kier alpha value is -2.50. The molecule has 1 aliphatic rings. The Bertz CT molecular complexity index is 1110. The summed E-state index contributed by atoms with van der Waals surface area (Å²) in [5.74, 6) is 0. The average molecular weight is 431 g/mol. The third-order valence-corrected chi connectivity index (χ3v) is 7.68. The second-order valence-corrected chi connectivity index (χ2v) is 9.49. The van der Waals surface area contributed by atoms with Gasteiger partial charge in [0.15, 0.2) is 9.84 Å². The molecule has 2 aromatic rings. The lowest BCUT2D eigenvalue weighted by Crippen LogP contribution is -2.57. The first-order valence-corrected chi connectivity index (χ1v) is 10.7. The molecule has 0 saturated carbocycles. The van der Waals surface area contributed by atoms with Crippen molar-refractivity contribution in [2.75, 3.05) is 6.61 Å². The molecule has 150 valence electrons. The highest BCUT2D eigenvalue weighted by Gasteiger charge is 2.56. The molecule has 0 saturated heterocycles. The van der Waals surface area contributed by atoms with E-state index in [1.54, 1.807) is 31.2 Å². The van der Waals surface area contributed by atoms with Crippen molar-refractivity contribution in [1.82, 2.24) is 0 Å². The van der Waals surface area contributed by atoms with Gasteiger partial charge in [-0.15, -0.1) is 0 Å². The molecule has 8 heteroatoms. The minimum absolute atomic E-state index is 0.0906. The topological polar surface area (TPSA) is 111 Å². The van der Waals surface area contributed by atoms with Crippen LogP contribution in [-0.4, -0.2) is 42.2 Å². The van der Waals surface area contributed by atoms with Gasteiger partial charge < -0.3 is 10.2 Å². The minimum atomic E-state index is -4.23. The van der Waals surface area contributed by atoms with Gasteiger partial charge in [-0.25, -0.2) is 8.42 Å². The van der Waals surface area contributed by atoms with Crippen molar-refractivity contribution in [1.29, 1.82) is 5.26 Å². The molecule has 0 aromatic heterocycles. The van der Waals surface area contributed by atoms with Crippen LogP contribution in [0.15, 0.2) is 70.6 Å². The first-order chi connectivity index (χ1) is 13.7. The first-order valence-electron chi connectivity index (χ1n) is 8.74. The quantitative estimate of drug-likeness (QED) is 0.731. The van der Waals surface area contributed by atoms with E-state index in [0.717, 1.165) is 0 Å². The predicted octanol–water partition coefficient (Wildman–Crippen LogP) is 2.63. The van der Waals surface area contributed by atoms with Gasteiger partial charge in [0.05, 0.1) is 28.7 Å². The molecule has 3 atom stereocenters. The van der Waals surface area contributed by atoms with E-state index in [1.807, 2.05) is 6.07 Å². The maximum absolute atomic E-state index is 13.7. The molecule has 1 aliphatic heterocycles. The van der Waals surface area contributed by atoms with Gasteiger partial charge in [0.25, 0.3) is 0 Å². The van der Waals surface area contributed by atoms with Crippen molar-refractivity contribution in [2.45, 2.75) is 28.2 Å². The average Bonchev–Trinajstić information content (AvgIpc) is 3.14. The van der Waals surface area contributed by atoms with Crippen LogP contribution < -0.4 is 0 Å². The zero-order valence-corrected chi connectivity index (χ0v) is 17.1. The first kappa shape index (κ1) is 21.2. The second-order valence-electron chi connectivity index (χ2n) is 7.02. The van der Waals surface area contributed by atoms with E-state index in [9.17, 15) is 18.6 Å². The van der Waals surface area contributed by atoms with E-state index in [0.29, 0.717) is 10.6 Å². The minimum Gasteiger partial charge on any atom is -0.393 e. The fourth-order valence-electron chi connectivity index (χ4n) is 3.63. The number of aliphatic hydroxyl groups excluding tert-OH is 1. The van der Waals surface area contributed by atoms with Crippen LogP contribution in [-0.2, 0) is 15.4 Å². The standard InChI is InChI=1S/C21H19ClN2O4S/c1-20(10-3-11-24-20)19(21(26,14-25)16-4-2-5-17(22)12-16)29(27,28)18-8-6-15(13-23)7-9-18/h2-12,19,25-26H,14H2,1H3. The highest BCUT2D eigenvalue weighted by Crippen LogP contribution is 2.42. The number of hydrogen-bond donors (Lipinski definition) is 2. The van der Waals surface area contributed by atoms with E-state index in [2.05, 4.69) is 4.99 Å². The maximum atomic E-state index is 13.7. The molecule has 1 heterocycles. The summed E-state index contributed by atoms with van der Waals surface area (Å²) < 4.78 is 27.4. The Morgan fingerprint density at radius 1 is 1.28 bits per heavy atom. The molecule has 6 nitrogen and oxygen atoms in total. The summed E-state index contributed by atoms with van der Waals surface area (Å²) in [5, 5.41) is 29.5. The number of nitrogens with zero attached hydrogens (tertiary/aromatic N) is 2. The molecular weight excluding hydrogens is 412 g/mol. The summed E-state index contributed by atoms with van der Waals surface area (Å²) in [6.45, 7) is 0.705. The van der Waals surface area contributed by atoms with Crippen LogP contribution in [0.5, 0.6) is 0 Å². The molecule has 0 aliphatic carbocycles. The largest absolute Gasteiger partial charge is 0.393 e. The van der Waals surface area contributed by atoms with Gasteiger partial charge in [-0.1, -0.05) is 29.8 Å². The Kier molecular flexibility index (Phi) is 5.65. The number of nitriles is 1. The molecule has 0 radical (unpaired) electrons. The number of aliphatic imine (C=N–C) groups is 1. The number of allylic oxidation sites excluding steroid dienone is 1. The van der Waals surface area contributed by atoms with Crippen molar-refractivity contribution >= 4 is 27.7 Å². The van der Waals surface area contributed by atoms with Crippen molar-refractivity contribution in [3.05, 3.63) is 76.8 Å². The van der Waals surface area contributed by atoms with Crippen molar-refractivity contribution < 1.29 is 18.6 Å². The van der Waals surface area contributed by atoms with Crippen LogP contribution >= 0.6 is 11.6 Å². The van der Waals surface area contributed by atoms with Crippen LogP contribution in [0.2, 0.25) is 5.02 Å². The molecular formula is C21H19ClN2O4S. The summed E-state index contributed by atoms with van der Waals surface area (Å²) in [5.41, 5.74) is -3.07. The normalized spacial score (nSPS) is 21.5. The molecule has 3 rings (SSSR count). The Balaban J connectivity index is 2.26. The van der Waals surface area contributed by atoms with Crippen LogP contribution in [0.1, 0.15) is 18.1 Å². The summed E-state index contributed by atoms with van der Waals surface area (Å²) >= 11 is 6.06. The number of halogens is 1. The predicted molar refractivity (Wildman–Crippen MR) is 111 cm³/mol. The van der Waals surface area contributed by atoms with Crippen LogP contribution in [0, 0.1) is 11.3 Å². The lowest BCUT2D eigenvalue weighted by molar-refractivity contribution is -0.0319. The van der Waals surface area contributed by atoms with Gasteiger partial charge in [-0.05, 0) is 55.0 Å². The van der Waals surface area contributed by atoms with Gasteiger partial charge in [-0.2, -0.15) is 5.26 Å². The summed E-state index contributed by atoms with van der Waals surface area (Å²) in [4.78, 5) is 4.19. The second kappa shape index (κ2) is 7.73. The fourth-order valence-corrected chi connectivity index (χ4v) is 6.10. The van der Waals surface area contributed by atoms with E-state index < -0.39 is 32.8 Å². The van der Waals surface area contributed by atoms with E-state index in [4.69, 9.17) is 16.9 Å². The number of benzene rings is 2. The SMILES string of the molecule is CC1(C(C(O)(CO)c2cccc(Cl)c2)S(=O)(=O)c2ccc(C#N)cc2)C=CC=N1. The van der Waals surface area contributed by atoms with Crippen molar-refractivity contribution in [3.8, 4) is 6.07 Å². The molecule has 0 spiro atoms. The maximum Gasteiger partial charge on any atom is 0.187 e. The molecule has 2 aromatic carbocycles. The molecule has 29 heavy (non-hydrogen) atoms. The number of aliphatic hydroxyl groups is 2. The smallest absolute Gasteiger partial charge is 0.187 e. The zero-order chi connectivity index (χ0) is 21.3. The summed E-state index contributed by atoms with van der Waals surface area (Å²) in [6, 6.07) is 13.4. The van der Waals surface area contributed by atoms with Crippen LogP contribution in [0.4, 0.5) is 0 Å². The van der Waals surface area contributed by atoms with Crippen LogP contribution in [0.25, 0.3) is 0 Å². The third kappa shape index (κ3) is 3.72. The van der Waals surface area contributed by atoms with Crippen molar-refractivity contribution in [2.24, 2.45) is 4.99 Å². The van der Waals surface area contributed by atoms with E-state index in [1.165, 1.54) is 42.6 Å². The number of sulfone groups is 1. The van der Waals surface area contributed by atoms with E-state index >= 15 is 0 Å². The Morgan fingerprint density at radius 3 is 2.48 bits per heavy atom. The molecule has 0 fully saturated rings. The Morgan fingerprint density at radius 2 is 1.97 bits per heavy atom. The Labute approximate surface area is 174 Å². The third-order valence-electron chi connectivity index (χ3n) is 5.02. The highest BCUT2D eigenvalue weighted by molar-refractivity contribution is 7.92. The van der Waals surface area contributed by atoms with Crippen molar-refractivity contribution in [3.63, 3.8) is 0 Å². The summed E-state index contributed by atoms with van der Waals surface area (Å²) in [6.07, 6.45) is 4.62.